The van der Waals surface area contributed by atoms with E-state index in [0.29, 0.717) is 11.1 Å². The summed E-state index contributed by atoms with van der Waals surface area (Å²) in [6, 6.07) is 6.68. The van der Waals surface area contributed by atoms with Crippen LogP contribution in [0.25, 0.3) is 0 Å². The predicted molar refractivity (Wildman–Crippen MR) is 80.3 cm³/mol. The van der Waals surface area contributed by atoms with Crippen molar-refractivity contribution in [1.29, 1.82) is 0 Å². The zero-order valence-electron chi connectivity index (χ0n) is 12.6. The molecule has 0 aromatic heterocycles. The SMILES string of the molecule is CCC(C(=O)OC(C)C)S(=O)(=O)Cc1cccc(CO)c1. The number of hydrogen-bond acceptors (Lipinski definition) is 5. The summed E-state index contributed by atoms with van der Waals surface area (Å²) in [5, 5.41) is 7.92. The number of ether oxygens (including phenoxy) is 1. The van der Waals surface area contributed by atoms with Crippen molar-refractivity contribution < 1.29 is 23.1 Å². The number of rotatable bonds is 7. The zero-order chi connectivity index (χ0) is 16.0. The van der Waals surface area contributed by atoms with Crippen molar-refractivity contribution in [3.8, 4) is 0 Å². The van der Waals surface area contributed by atoms with Gasteiger partial charge in [-0.05, 0) is 31.4 Å². The number of aliphatic hydroxyl groups excluding tert-OH is 1. The van der Waals surface area contributed by atoms with Crippen molar-refractivity contribution >= 4 is 15.8 Å². The van der Waals surface area contributed by atoms with Gasteiger partial charge in [0, 0.05) is 0 Å². The van der Waals surface area contributed by atoms with Gasteiger partial charge >= 0.3 is 5.97 Å². The van der Waals surface area contributed by atoms with Crippen LogP contribution >= 0.6 is 0 Å². The minimum absolute atomic E-state index is 0.152. The maximum atomic E-state index is 12.4. The highest BCUT2D eigenvalue weighted by atomic mass is 32.2. The molecule has 0 bridgehead atoms. The molecule has 1 atom stereocenters. The van der Waals surface area contributed by atoms with Crippen LogP contribution in [0.3, 0.4) is 0 Å². The molecule has 0 heterocycles. The molecule has 1 aromatic carbocycles. The van der Waals surface area contributed by atoms with Crippen molar-refractivity contribution in [3.63, 3.8) is 0 Å². The third-order valence-electron chi connectivity index (χ3n) is 2.96. The summed E-state index contributed by atoms with van der Waals surface area (Å²) < 4.78 is 29.8. The summed E-state index contributed by atoms with van der Waals surface area (Å²) in [7, 11) is -3.65. The summed E-state index contributed by atoms with van der Waals surface area (Å²) in [5.74, 6) is -0.946. The number of carbonyl (C=O) groups is 1. The zero-order valence-corrected chi connectivity index (χ0v) is 13.4. The van der Waals surface area contributed by atoms with E-state index < -0.39 is 21.1 Å². The van der Waals surface area contributed by atoms with Crippen molar-refractivity contribution in [3.05, 3.63) is 35.4 Å². The van der Waals surface area contributed by atoms with Crippen LogP contribution in [0.2, 0.25) is 0 Å². The summed E-state index contributed by atoms with van der Waals surface area (Å²) in [4.78, 5) is 11.9. The van der Waals surface area contributed by atoms with E-state index in [1.54, 1.807) is 45.0 Å². The van der Waals surface area contributed by atoms with Crippen LogP contribution in [0.1, 0.15) is 38.3 Å². The molecule has 0 aliphatic rings. The molecular weight excluding hydrogens is 292 g/mol. The Labute approximate surface area is 125 Å². The van der Waals surface area contributed by atoms with Crippen LogP contribution in [0.15, 0.2) is 24.3 Å². The molecule has 0 amide bonds. The molecule has 6 heteroatoms. The second-order valence-electron chi connectivity index (χ2n) is 5.17. The Kier molecular flexibility index (Phi) is 6.36. The Morgan fingerprint density at radius 2 is 1.90 bits per heavy atom. The van der Waals surface area contributed by atoms with Crippen LogP contribution in [0.4, 0.5) is 0 Å². The van der Waals surface area contributed by atoms with Crippen LogP contribution in [0, 0.1) is 0 Å². The molecule has 0 saturated carbocycles. The fourth-order valence-electron chi connectivity index (χ4n) is 2.03. The summed E-state index contributed by atoms with van der Waals surface area (Å²) >= 11 is 0. The van der Waals surface area contributed by atoms with Gasteiger partial charge in [0.25, 0.3) is 0 Å². The van der Waals surface area contributed by atoms with E-state index in [2.05, 4.69) is 0 Å². The lowest BCUT2D eigenvalue weighted by Gasteiger charge is -2.17. The minimum Gasteiger partial charge on any atom is -0.462 e. The van der Waals surface area contributed by atoms with E-state index in [-0.39, 0.29) is 24.9 Å². The lowest BCUT2D eigenvalue weighted by atomic mass is 10.1. The molecule has 0 saturated heterocycles. The summed E-state index contributed by atoms with van der Waals surface area (Å²) in [6.45, 7) is 4.86. The molecule has 1 rings (SSSR count). The minimum atomic E-state index is -3.65. The van der Waals surface area contributed by atoms with Crippen LogP contribution in [0.5, 0.6) is 0 Å². The quantitative estimate of drug-likeness (QED) is 0.777. The van der Waals surface area contributed by atoms with Gasteiger partial charge in [0.05, 0.1) is 18.5 Å². The van der Waals surface area contributed by atoms with Gasteiger partial charge in [-0.25, -0.2) is 8.42 Å². The largest absolute Gasteiger partial charge is 0.462 e. The molecule has 0 aliphatic heterocycles. The third-order valence-corrected chi connectivity index (χ3v) is 5.09. The van der Waals surface area contributed by atoms with Crippen LogP contribution in [-0.2, 0) is 31.7 Å². The standard InChI is InChI=1S/C15H22O5S/c1-4-14(15(17)20-11(2)3)21(18,19)10-13-7-5-6-12(8-13)9-16/h5-8,11,14,16H,4,9-10H2,1-3H3. The highest BCUT2D eigenvalue weighted by Crippen LogP contribution is 2.17. The molecule has 0 fully saturated rings. The van der Waals surface area contributed by atoms with Crippen LogP contribution in [-0.4, -0.2) is 30.8 Å². The first-order valence-corrected chi connectivity index (χ1v) is 8.62. The van der Waals surface area contributed by atoms with Gasteiger partial charge < -0.3 is 9.84 Å². The number of hydrogen-bond donors (Lipinski definition) is 1. The lowest BCUT2D eigenvalue weighted by Crippen LogP contribution is -2.33. The van der Waals surface area contributed by atoms with Crippen molar-refractivity contribution in [1.82, 2.24) is 0 Å². The molecule has 118 valence electrons. The smallest absolute Gasteiger partial charge is 0.324 e. The Morgan fingerprint density at radius 1 is 1.29 bits per heavy atom. The van der Waals surface area contributed by atoms with Crippen molar-refractivity contribution in [2.45, 2.75) is 50.9 Å². The average Bonchev–Trinajstić information content (AvgIpc) is 2.37. The summed E-state index contributed by atoms with van der Waals surface area (Å²) in [6.07, 6.45) is -0.174. The first-order valence-electron chi connectivity index (χ1n) is 6.91. The van der Waals surface area contributed by atoms with E-state index in [1.165, 1.54) is 0 Å². The van der Waals surface area contributed by atoms with Gasteiger partial charge in [0.2, 0.25) is 0 Å². The maximum Gasteiger partial charge on any atom is 0.324 e. The maximum absolute atomic E-state index is 12.4. The third kappa shape index (κ3) is 5.13. The second kappa shape index (κ2) is 7.56. The number of sulfone groups is 1. The first-order chi connectivity index (χ1) is 9.80. The summed E-state index contributed by atoms with van der Waals surface area (Å²) in [5.41, 5.74) is 1.19. The number of benzene rings is 1. The van der Waals surface area contributed by atoms with Gasteiger partial charge in [-0.3, -0.25) is 4.79 Å². The monoisotopic (exact) mass is 314 g/mol. The molecule has 0 aliphatic carbocycles. The van der Waals surface area contributed by atoms with E-state index in [0.717, 1.165) is 0 Å². The molecule has 0 radical (unpaired) electrons. The highest BCUT2D eigenvalue weighted by molar-refractivity contribution is 7.92. The van der Waals surface area contributed by atoms with Crippen molar-refractivity contribution in [2.75, 3.05) is 0 Å². The van der Waals surface area contributed by atoms with E-state index in [4.69, 9.17) is 9.84 Å². The Morgan fingerprint density at radius 3 is 2.43 bits per heavy atom. The van der Waals surface area contributed by atoms with E-state index in [9.17, 15) is 13.2 Å². The van der Waals surface area contributed by atoms with Crippen LogP contribution < -0.4 is 0 Å². The lowest BCUT2D eigenvalue weighted by molar-refractivity contribution is -0.146. The average molecular weight is 314 g/mol. The number of esters is 1. The Hall–Kier alpha value is -1.40. The molecule has 5 nitrogen and oxygen atoms in total. The van der Waals surface area contributed by atoms with E-state index >= 15 is 0 Å². The van der Waals surface area contributed by atoms with Gasteiger partial charge in [-0.2, -0.15) is 0 Å². The first kappa shape index (κ1) is 17.7. The van der Waals surface area contributed by atoms with Gasteiger partial charge in [-0.15, -0.1) is 0 Å². The van der Waals surface area contributed by atoms with Gasteiger partial charge in [-0.1, -0.05) is 31.2 Å². The number of aliphatic hydroxyl groups is 1. The highest BCUT2D eigenvalue weighted by Gasteiger charge is 2.32. The molecule has 1 unspecified atom stereocenters. The molecular formula is C15H22O5S. The van der Waals surface area contributed by atoms with Gasteiger partial charge in [0.1, 0.15) is 0 Å². The Bertz CT molecular complexity index is 577. The number of carbonyl (C=O) groups excluding carboxylic acids is 1. The molecule has 0 spiro atoms. The molecule has 1 aromatic rings. The fraction of sp³-hybridized carbons (Fsp3) is 0.533. The normalized spacial score (nSPS) is 13.2. The second-order valence-corrected chi connectivity index (χ2v) is 7.35. The fourth-order valence-corrected chi connectivity index (χ4v) is 3.73. The van der Waals surface area contributed by atoms with E-state index in [1.807, 2.05) is 0 Å². The van der Waals surface area contributed by atoms with Gasteiger partial charge in [0.15, 0.2) is 15.1 Å². The Balaban J connectivity index is 2.94. The molecule has 21 heavy (non-hydrogen) atoms. The van der Waals surface area contributed by atoms with Crippen molar-refractivity contribution in [2.24, 2.45) is 0 Å². The topological polar surface area (TPSA) is 80.7 Å². The predicted octanol–water partition coefficient (Wildman–Crippen LogP) is 1.82. The molecule has 1 N–H and O–H groups in total.